The van der Waals surface area contributed by atoms with Gasteiger partial charge in [-0.05, 0) is 24.5 Å². The Balaban J connectivity index is 1.64. The highest BCUT2D eigenvalue weighted by Gasteiger charge is 2.25. The van der Waals surface area contributed by atoms with Crippen LogP contribution in [0.15, 0.2) is 35.8 Å². The summed E-state index contributed by atoms with van der Waals surface area (Å²) in [5, 5.41) is 9.19. The van der Waals surface area contributed by atoms with Gasteiger partial charge in [-0.3, -0.25) is 4.79 Å². The minimum atomic E-state index is -0.160. The van der Waals surface area contributed by atoms with Crippen LogP contribution < -0.4 is 10.6 Å². The van der Waals surface area contributed by atoms with E-state index in [4.69, 9.17) is 0 Å². The number of thiazole rings is 1. The Kier molecular flexibility index (Phi) is 3.80. The number of carbonyl (C=O) groups is 1. The van der Waals surface area contributed by atoms with Gasteiger partial charge in [-0.15, -0.1) is 11.3 Å². The highest BCUT2D eigenvalue weighted by molar-refractivity contribution is 7.09. The number of rotatable bonds is 3. The zero-order chi connectivity index (χ0) is 13.9. The number of carbonyl (C=O) groups excluding carboxylic acids is 1. The fraction of sp³-hybridized carbons (Fsp3) is 0.333. The lowest BCUT2D eigenvalue weighted by Gasteiger charge is -2.26. The van der Waals surface area contributed by atoms with E-state index in [0.717, 1.165) is 18.0 Å². The zero-order valence-corrected chi connectivity index (χ0v) is 12.1. The van der Waals surface area contributed by atoms with E-state index in [2.05, 4.69) is 27.8 Å². The van der Waals surface area contributed by atoms with Gasteiger partial charge in [0.05, 0.1) is 12.1 Å². The summed E-state index contributed by atoms with van der Waals surface area (Å²) >= 11 is 1.56. The second-order valence-electron chi connectivity index (χ2n) is 5.01. The van der Waals surface area contributed by atoms with Gasteiger partial charge < -0.3 is 10.6 Å². The largest absolute Gasteiger partial charge is 0.346 e. The Morgan fingerprint density at radius 2 is 2.25 bits per heavy atom. The van der Waals surface area contributed by atoms with Crippen molar-refractivity contribution >= 4 is 17.2 Å². The lowest BCUT2D eigenvalue weighted by molar-refractivity contribution is -0.124. The van der Waals surface area contributed by atoms with E-state index in [1.54, 1.807) is 17.5 Å². The van der Waals surface area contributed by atoms with E-state index in [1.165, 1.54) is 11.1 Å². The Morgan fingerprint density at radius 3 is 3.00 bits per heavy atom. The summed E-state index contributed by atoms with van der Waals surface area (Å²) in [7, 11) is 0. The monoisotopic (exact) mass is 287 g/mol. The van der Waals surface area contributed by atoms with E-state index in [-0.39, 0.29) is 18.0 Å². The van der Waals surface area contributed by atoms with Crippen LogP contribution in [0.5, 0.6) is 0 Å². The standard InChI is InChI=1S/C15H17N3OS/c1-10(15-16-6-7-20-15)18-14(19)13-8-11-4-2-3-5-12(11)9-17-13/h2-7,10,13,17H,8-9H2,1H3,(H,18,19)/t10?,13-/m1/s1. The molecule has 0 bridgehead atoms. The minimum absolute atomic E-state index is 0.0403. The molecule has 1 aromatic heterocycles. The van der Waals surface area contributed by atoms with E-state index in [0.29, 0.717) is 0 Å². The number of aromatic nitrogens is 1. The molecule has 2 atom stereocenters. The lowest BCUT2D eigenvalue weighted by atomic mass is 9.95. The van der Waals surface area contributed by atoms with E-state index in [1.807, 2.05) is 24.4 Å². The van der Waals surface area contributed by atoms with Crippen LogP contribution in [0.2, 0.25) is 0 Å². The first-order valence-electron chi connectivity index (χ1n) is 6.74. The zero-order valence-electron chi connectivity index (χ0n) is 11.3. The molecule has 2 N–H and O–H groups in total. The van der Waals surface area contributed by atoms with Gasteiger partial charge in [0.1, 0.15) is 5.01 Å². The molecular weight excluding hydrogens is 270 g/mol. The third-order valence-electron chi connectivity index (χ3n) is 3.58. The summed E-state index contributed by atoms with van der Waals surface area (Å²) in [6, 6.07) is 8.06. The predicted octanol–water partition coefficient (Wildman–Crippen LogP) is 2.03. The van der Waals surface area contributed by atoms with Crippen LogP contribution in [0.25, 0.3) is 0 Å². The van der Waals surface area contributed by atoms with Crippen molar-refractivity contribution in [2.45, 2.75) is 32.0 Å². The lowest BCUT2D eigenvalue weighted by Crippen LogP contribution is -2.48. The van der Waals surface area contributed by atoms with Crippen LogP contribution in [0.3, 0.4) is 0 Å². The van der Waals surface area contributed by atoms with Crippen LogP contribution in [0.4, 0.5) is 0 Å². The van der Waals surface area contributed by atoms with Gasteiger partial charge in [-0.2, -0.15) is 0 Å². The van der Waals surface area contributed by atoms with E-state index in [9.17, 15) is 4.79 Å². The molecule has 104 valence electrons. The number of benzene rings is 1. The van der Waals surface area contributed by atoms with Crippen molar-refractivity contribution in [2.75, 3.05) is 0 Å². The normalized spacial score (nSPS) is 19.1. The van der Waals surface area contributed by atoms with Gasteiger partial charge in [0.25, 0.3) is 0 Å². The predicted molar refractivity (Wildman–Crippen MR) is 79.4 cm³/mol. The Labute approximate surface area is 122 Å². The Morgan fingerprint density at radius 1 is 1.45 bits per heavy atom. The number of hydrogen-bond donors (Lipinski definition) is 2. The van der Waals surface area contributed by atoms with Crippen molar-refractivity contribution in [2.24, 2.45) is 0 Å². The third kappa shape index (κ3) is 2.73. The number of fused-ring (bicyclic) bond motifs is 1. The van der Waals surface area contributed by atoms with Crippen molar-refractivity contribution in [3.63, 3.8) is 0 Å². The van der Waals surface area contributed by atoms with Gasteiger partial charge in [0, 0.05) is 18.1 Å². The van der Waals surface area contributed by atoms with Crippen molar-refractivity contribution in [1.82, 2.24) is 15.6 Å². The maximum absolute atomic E-state index is 12.3. The first-order chi connectivity index (χ1) is 9.74. The third-order valence-corrected chi connectivity index (χ3v) is 4.54. The van der Waals surface area contributed by atoms with Crippen molar-refractivity contribution in [3.8, 4) is 0 Å². The molecule has 20 heavy (non-hydrogen) atoms. The highest BCUT2D eigenvalue weighted by atomic mass is 32.1. The van der Waals surface area contributed by atoms with Gasteiger partial charge >= 0.3 is 0 Å². The molecule has 0 spiro atoms. The molecule has 3 rings (SSSR count). The molecule has 0 aliphatic carbocycles. The van der Waals surface area contributed by atoms with Crippen LogP contribution in [0, 0.1) is 0 Å². The summed E-state index contributed by atoms with van der Waals surface area (Å²) in [5.74, 6) is 0.0437. The molecule has 0 saturated carbocycles. The number of nitrogens with one attached hydrogen (secondary N) is 2. The molecule has 2 aromatic rings. The molecule has 0 saturated heterocycles. The molecule has 4 nitrogen and oxygen atoms in total. The first-order valence-corrected chi connectivity index (χ1v) is 7.62. The van der Waals surface area contributed by atoms with Gasteiger partial charge in [-0.25, -0.2) is 4.98 Å². The Bertz CT molecular complexity index is 597. The summed E-state index contributed by atoms with van der Waals surface area (Å²) in [4.78, 5) is 16.6. The molecule has 5 heteroatoms. The van der Waals surface area contributed by atoms with Gasteiger partial charge in [-0.1, -0.05) is 24.3 Å². The van der Waals surface area contributed by atoms with Gasteiger partial charge in [0.2, 0.25) is 5.91 Å². The van der Waals surface area contributed by atoms with Crippen LogP contribution in [0.1, 0.15) is 29.1 Å². The summed E-state index contributed by atoms with van der Waals surface area (Å²) in [5.41, 5.74) is 2.54. The van der Waals surface area contributed by atoms with Gasteiger partial charge in [0.15, 0.2) is 0 Å². The van der Waals surface area contributed by atoms with Crippen LogP contribution in [-0.2, 0) is 17.8 Å². The maximum Gasteiger partial charge on any atom is 0.238 e. The SMILES string of the molecule is CC(NC(=O)[C@H]1Cc2ccccc2CN1)c1nccs1. The van der Waals surface area contributed by atoms with Crippen LogP contribution in [-0.4, -0.2) is 16.9 Å². The quantitative estimate of drug-likeness (QED) is 0.908. The summed E-state index contributed by atoms with van der Waals surface area (Å²) < 4.78 is 0. The Hall–Kier alpha value is -1.72. The topological polar surface area (TPSA) is 54.0 Å². The van der Waals surface area contributed by atoms with E-state index >= 15 is 0 Å². The number of nitrogens with zero attached hydrogens (tertiary/aromatic N) is 1. The molecule has 1 aromatic carbocycles. The molecular formula is C15H17N3OS. The number of amides is 1. The summed E-state index contributed by atoms with van der Waals surface area (Å²) in [6.45, 7) is 2.72. The average Bonchev–Trinajstić information content (AvgIpc) is 3.01. The second kappa shape index (κ2) is 5.73. The van der Waals surface area contributed by atoms with Crippen molar-refractivity contribution in [3.05, 3.63) is 52.0 Å². The smallest absolute Gasteiger partial charge is 0.238 e. The van der Waals surface area contributed by atoms with Crippen LogP contribution >= 0.6 is 11.3 Å². The fourth-order valence-corrected chi connectivity index (χ4v) is 3.11. The fourth-order valence-electron chi connectivity index (χ4n) is 2.46. The van der Waals surface area contributed by atoms with E-state index < -0.39 is 0 Å². The molecule has 0 radical (unpaired) electrons. The number of hydrogen-bond acceptors (Lipinski definition) is 4. The van der Waals surface area contributed by atoms with Crippen molar-refractivity contribution in [1.29, 1.82) is 0 Å². The van der Waals surface area contributed by atoms with Crippen molar-refractivity contribution < 1.29 is 4.79 Å². The molecule has 0 fully saturated rings. The summed E-state index contributed by atoms with van der Waals surface area (Å²) in [6.07, 6.45) is 2.50. The molecule has 1 unspecified atom stereocenters. The molecule has 1 aliphatic rings. The molecule has 2 heterocycles. The highest BCUT2D eigenvalue weighted by Crippen LogP contribution is 2.18. The minimum Gasteiger partial charge on any atom is -0.346 e. The molecule has 1 aliphatic heterocycles. The first kappa shape index (κ1) is 13.3. The second-order valence-corrected chi connectivity index (χ2v) is 5.93. The molecule has 1 amide bonds. The average molecular weight is 287 g/mol. The maximum atomic E-state index is 12.3.